The first-order valence-corrected chi connectivity index (χ1v) is 10.7. The van der Waals surface area contributed by atoms with E-state index in [1.807, 2.05) is 43.3 Å². The summed E-state index contributed by atoms with van der Waals surface area (Å²) in [5.41, 5.74) is 2.94. The Labute approximate surface area is 163 Å². The average molecular weight is 399 g/mol. The van der Waals surface area contributed by atoms with Gasteiger partial charge >= 0.3 is 5.97 Å². The zero-order chi connectivity index (χ0) is 20.5. The molecule has 1 N–H and O–H groups in total. The van der Waals surface area contributed by atoms with E-state index in [1.165, 1.54) is 10.1 Å². The lowest BCUT2D eigenvalue weighted by Gasteiger charge is -2.12. The van der Waals surface area contributed by atoms with E-state index in [-0.39, 0.29) is 18.5 Å². The molecular weight excluding hydrogens is 378 g/mol. The fourth-order valence-electron chi connectivity index (χ4n) is 3.17. The maximum atomic E-state index is 12.7. The predicted molar refractivity (Wildman–Crippen MR) is 109 cm³/mol. The lowest BCUT2D eigenvalue weighted by Crippen LogP contribution is -2.32. The molecule has 0 amide bonds. The fourth-order valence-corrected chi connectivity index (χ4v) is 4.07. The van der Waals surface area contributed by atoms with Gasteiger partial charge in [-0.2, -0.15) is 0 Å². The number of carboxylic acid groups (broad SMARTS) is 1. The summed E-state index contributed by atoms with van der Waals surface area (Å²) in [6, 6.07) is 15.4. The van der Waals surface area contributed by atoms with Crippen LogP contribution in [-0.2, 0) is 21.2 Å². The first-order chi connectivity index (χ1) is 13.2. The van der Waals surface area contributed by atoms with Crippen LogP contribution in [-0.4, -0.2) is 35.6 Å². The molecule has 1 heterocycles. The van der Waals surface area contributed by atoms with E-state index in [1.54, 1.807) is 18.3 Å². The monoisotopic (exact) mass is 399 g/mol. The van der Waals surface area contributed by atoms with Crippen molar-refractivity contribution in [3.05, 3.63) is 70.6 Å². The molecule has 0 aliphatic rings. The summed E-state index contributed by atoms with van der Waals surface area (Å²) in [4.78, 5) is 23.9. The van der Waals surface area contributed by atoms with Gasteiger partial charge in [0.15, 0.2) is 15.1 Å². The van der Waals surface area contributed by atoms with Crippen LogP contribution in [0.5, 0.6) is 0 Å². The second kappa shape index (κ2) is 7.59. The number of aromatic nitrogens is 1. The highest BCUT2D eigenvalue weighted by molar-refractivity contribution is 7.92. The standard InChI is InChI=1S/C21H21NO5S/c1-14-3-5-15(6-4-14)16-7-8-18-17(13-16)9-11-22(20(18)23)12-10-19(21(24)25)28(2,26)27/h3-9,11,13,19H,10,12H2,1-2H3,(H,24,25). The molecule has 1 aromatic heterocycles. The van der Waals surface area contributed by atoms with Crippen molar-refractivity contribution in [2.75, 3.05) is 6.26 Å². The predicted octanol–water partition coefficient (Wildman–Crippen LogP) is 2.86. The second-order valence-corrected chi connectivity index (χ2v) is 9.16. The van der Waals surface area contributed by atoms with Crippen LogP contribution in [0.3, 0.4) is 0 Å². The molecular formula is C21H21NO5S. The van der Waals surface area contributed by atoms with Crippen LogP contribution >= 0.6 is 0 Å². The van der Waals surface area contributed by atoms with E-state index in [0.29, 0.717) is 5.39 Å². The third kappa shape index (κ3) is 4.14. The third-order valence-corrected chi connectivity index (χ3v) is 6.26. The largest absolute Gasteiger partial charge is 0.480 e. The van der Waals surface area contributed by atoms with Crippen molar-refractivity contribution in [2.24, 2.45) is 0 Å². The van der Waals surface area contributed by atoms with Crippen molar-refractivity contribution < 1.29 is 18.3 Å². The number of carbonyl (C=O) groups is 1. The molecule has 0 aliphatic carbocycles. The summed E-state index contributed by atoms with van der Waals surface area (Å²) in [5.74, 6) is -1.40. The Morgan fingerprint density at radius 3 is 2.32 bits per heavy atom. The van der Waals surface area contributed by atoms with Crippen LogP contribution in [0.25, 0.3) is 21.9 Å². The van der Waals surface area contributed by atoms with Gasteiger partial charge in [-0.15, -0.1) is 0 Å². The van der Waals surface area contributed by atoms with Gasteiger partial charge in [-0.25, -0.2) is 8.42 Å². The van der Waals surface area contributed by atoms with Gasteiger partial charge in [0.05, 0.1) is 0 Å². The Bertz CT molecular complexity index is 1190. The number of benzene rings is 2. The van der Waals surface area contributed by atoms with Crippen molar-refractivity contribution >= 4 is 26.6 Å². The van der Waals surface area contributed by atoms with Crippen LogP contribution in [0.1, 0.15) is 12.0 Å². The first kappa shape index (κ1) is 19.8. The van der Waals surface area contributed by atoms with E-state index in [0.717, 1.165) is 22.8 Å². The van der Waals surface area contributed by atoms with E-state index in [4.69, 9.17) is 5.11 Å². The number of pyridine rings is 1. The zero-order valence-corrected chi connectivity index (χ0v) is 16.4. The number of aliphatic carboxylic acids is 1. The van der Waals surface area contributed by atoms with Crippen molar-refractivity contribution in [3.8, 4) is 11.1 Å². The number of aryl methyl sites for hydroxylation is 2. The minimum atomic E-state index is -3.74. The van der Waals surface area contributed by atoms with Gasteiger partial charge in [-0.05, 0) is 48.1 Å². The summed E-state index contributed by atoms with van der Waals surface area (Å²) in [6.07, 6.45) is 2.30. The molecule has 0 saturated carbocycles. The molecule has 3 rings (SSSR count). The molecule has 7 heteroatoms. The van der Waals surface area contributed by atoms with Crippen molar-refractivity contribution in [1.82, 2.24) is 4.57 Å². The molecule has 28 heavy (non-hydrogen) atoms. The van der Waals surface area contributed by atoms with E-state index >= 15 is 0 Å². The van der Waals surface area contributed by atoms with Crippen molar-refractivity contribution in [2.45, 2.75) is 25.1 Å². The van der Waals surface area contributed by atoms with E-state index in [2.05, 4.69) is 0 Å². The maximum Gasteiger partial charge on any atom is 0.321 e. The molecule has 0 fully saturated rings. The van der Waals surface area contributed by atoms with Gasteiger partial charge in [0.25, 0.3) is 5.56 Å². The summed E-state index contributed by atoms with van der Waals surface area (Å²) >= 11 is 0. The zero-order valence-electron chi connectivity index (χ0n) is 15.6. The molecule has 1 unspecified atom stereocenters. The molecule has 3 aromatic rings. The first-order valence-electron chi connectivity index (χ1n) is 8.79. The second-order valence-electron chi connectivity index (χ2n) is 6.93. The molecule has 1 atom stereocenters. The van der Waals surface area contributed by atoms with Gasteiger partial charge in [0, 0.05) is 24.4 Å². The van der Waals surface area contributed by atoms with Crippen LogP contribution in [0.2, 0.25) is 0 Å². The molecule has 6 nitrogen and oxygen atoms in total. The Kier molecular flexibility index (Phi) is 5.38. The van der Waals surface area contributed by atoms with Gasteiger partial charge in [0.1, 0.15) is 0 Å². The number of nitrogens with zero attached hydrogens (tertiary/aromatic N) is 1. The fraction of sp³-hybridized carbons (Fsp3) is 0.238. The quantitative estimate of drug-likeness (QED) is 0.688. The lowest BCUT2D eigenvalue weighted by atomic mass is 10.0. The summed E-state index contributed by atoms with van der Waals surface area (Å²) in [7, 11) is -3.74. The summed E-state index contributed by atoms with van der Waals surface area (Å²) < 4.78 is 24.6. The number of hydrogen-bond donors (Lipinski definition) is 1. The average Bonchev–Trinajstić information content (AvgIpc) is 2.62. The summed E-state index contributed by atoms with van der Waals surface area (Å²) in [6.45, 7) is 2.03. The summed E-state index contributed by atoms with van der Waals surface area (Å²) in [5, 5.41) is 8.87. The number of rotatable bonds is 6. The Hall–Kier alpha value is -2.93. The number of sulfone groups is 1. The normalized spacial score (nSPS) is 12.8. The Morgan fingerprint density at radius 2 is 1.71 bits per heavy atom. The highest BCUT2D eigenvalue weighted by Crippen LogP contribution is 2.23. The smallest absolute Gasteiger partial charge is 0.321 e. The van der Waals surface area contributed by atoms with E-state index < -0.39 is 21.1 Å². The van der Waals surface area contributed by atoms with Gasteiger partial charge in [-0.3, -0.25) is 9.59 Å². The maximum absolute atomic E-state index is 12.7. The molecule has 0 radical (unpaired) electrons. The van der Waals surface area contributed by atoms with E-state index in [9.17, 15) is 18.0 Å². The van der Waals surface area contributed by atoms with Gasteiger partial charge in [-0.1, -0.05) is 35.9 Å². The topological polar surface area (TPSA) is 93.4 Å². The highest BCUT2D eigenvalue weighted by atomic mass is 32.2. The Balaban J connectivity index is 1.91. The van der Waals surface area contributed by atoms with Crippen molar-refractivity contribution in [3.63, 3.8) is 0 Å². The van der Waals surface area contributed by atoms with Crippen LogP contribution in [0.15, 0.2) is 59.5 Å². The minimum Gasteiger partial charge on any atom is -0.480 e. The minimum absolute atomic E-state index is 0.0124. The Morgan fingerprint density at radius 1 is 1.07 bits per heavy atom. The molecule has 0 spiro atoms. The van der Waals surface area contributed by atoms with Crippen molar-refractivity contribution in [1.29, 1.82) is 0 Å². The van der Waals surface area contributed by atoms with Gasteiger partial charge in [0.2, 0.25) is 0 Å². The molecule has 0 bridgehead atoms. The number of carboxylic acids is 1. The highest BCUT2D eigenvalue weighted by Gasteiger charge is 2.28. The molecule has 0 aliphatic heterocycles. The molecule has 2 aromatic carbocycles. The SMILES string of the molecule is Cc1ccc(-c2ccc3c(=O)n(CCC(C(=O)O)S(C)(=O)=O)ccc3c2)cc1. The molecule has 146 valence electrons. The number of fused-ring (bicyclic) bond motifs is 1. The lowest BCUT2D eigenvalue weighted by molar-refractivity contribution is -0.136. The van der Waals surface area contributed by atoms with Crippen LogP contribution in [0, 0.1) is 6.92 Å². The number of hydrogen-bond acceptors (Lipinski definition) is 4. The van der Waals surface area contributed by atoms with Crippen LogP contribution < -0.4 is 5.56 Å². The van der Waals surface area contributed by atoms with Gasteiger partial charge < -0.3 is 9.67 Å². The molecule has 0 saturated heterocycles. The third-order valence-electron chi connectivity index (χ3n) is 4.79. The van der Waals surface area contributed by atoms with Crippen LogP contribution in [0.4, 0.5) is 0 Å².